The van der Waals surface area contributed by atoms with Crippen LogP contribution >= 0.6 is 11.3 Å². The van der Waals surface area contributed by atoms with Crippen molar-refractivity contribution < 1.29 is 0 Å². The highest BCUT2D eigenvalue weighted by Gasteiger charge is 2.19. The predicted molar refractivity (Wildman–Crippen MR) is 70.9 cm³/mol. The van der Waals surface area contributed by atoms with Gasteiger partial charge in [0.2, 0.25) is 0 Å². The first-order valence-corrected chi connectivity index (χ1v) is 7.01. The Hall–Kier alpha value is -1.16. The van der Waals surface area contributed by atoms with Crippen LogP contribution in [-0.4, -0.2) is 9.55 Å². The summed E-state index contributed by atoms with van der Waals surface area (Å²) in [5.74, 6) is 0. The fraction of sp³-hybridized carbons (Fsp3) is 0.538. The average Bonchev–Trinajstić information content (AvgIpc) is 2.69. The van der Waals surface area contributed by atoms with Crippen molar-refractivity contribution in [3.63, 3.8) is 0 Å². The minimum atomic E-state index is 0.129. The van der Waals surface area contributed by atoms with Crippen LogP contribution in [0.5, 0.6) is 0 Å². The maximum Gasteiger partial charge on any atom is 0.271 e. The molecule has 0 unspecified atom stereocenters. The number of fused-ring (bicyclic) bond motifs is 3. The predicted octanol–water partition coefficient (Wildman–Crippen LogP) is 2.92. The van der Waals surface area contributed by atoms with Gasteiger partial charge in [0.25, 0.3) is 5.56 Å². The third kappa shape index (κ3) is 1.62. The van der Waals surface area contributed by atoms with Gasteiger partial charge in [-0.05, 0) is 45.1 Å². The maximum absolute atomic E-state index is 12.3. The van der Waals surface area contributed by atoms with E-state index in [9.17, 15) is 4.79 Å². The molecule has 0 saturated heterocycles. The standard InChI is InChI=1S/C13H16N2OS/c1-8(2)15-7-14-11-9-5-3-4-6-10(9)17-12(11)13(15)16/h7-8H,3-6H2,1-2H3. The molecule has 0 saturated carbocycles. The number of aryl methyl sites for hydroxylation is 2. The zero-order valence-electron chi connectivity index (χ0n) is 10.2. The minimum Gasteiger partial charge on any atom is -0.295 e. The SMILES string of the molecule is CC(C)n1cnc2c3c(sc2c1=O)CCCC3. The Labute approximate surface area is 104 Å². The van der Waals surface area contributed by atoms with Gasteiger partial charge in [0.05, 0.1) is 11.8 Å². The molecule has 3 nitrogen and oxygen atoms in total. The van der Waals surface area contributed by atoms with E-state index < -0.39 is 0 Å². The molecule has 0 N–H and O–H groups in total. The summed E-state index contributed by atoms with van der Waals surface area (Å²) in [6, 6.07) is 0.179. The van der Waals surface area contributed by atoms with Crippen LogP contribution in [0.3, 0.4) is 0 Å². The third-order valence-corrected chi connectivity index (χ3v) is 4.71. The van der Waals surface area contributed by atoms with E-state index in [2.05, 4.69) is 4.98 Å². The van der Waals surface area contributed by atoms with E-state index in [4.69, 9.17) is 0 Å². The van der Waals surface area contributed by atoms with Crippen molar-refractivity contribution in [1.82, 2.24) is 9.55 Å². The molecule has 17 heavy (non-hydrogen) atoms. The Balaban J connectivity index is 2.31. The van der Waals surface area contributed by atoms with E-state index in [0.29, 0.717) is 0 Å². The molecule has 3 rings (SSSR count). The zero-order valence-corrected chi connectivity index (χ0v) is 11.0. The molecule has 2 aromatic rings. The van der Waals surface area contributed by atoms with Gasteiger partial charge in [-0.2, -0.15) is 0 Å². The van der Waals surface area contributed by atoms with Gasteiger partial charge in [-0.15, -0.1) is 11.3 Å². The molecule has 1 aliphatic rings. The summed E-state index contributed by atoms with van der Waals surface area (Å²) in [4.78, 5) is 18.2. The van der Waals surface area contributed by atoms with Crippen LogP contribution in [-0.2, 0) is 12.8 Å². The van der Waals surface area contributed by atoms with Gasteiger partial charge in [-0.3, -0.25) is 9.36 Å². The third-order valence-electron chi connectivity index (χ3n) is 3.44. The molecule has 0 atom stereocenters. The largest absolute Gasteiger partial charge is 0.295 e. The molecule has 0 spiro atoms. The molecule has 0 aliphatic heterocycles. The van der Waals surface area contributed by atoms with Crippen molar-refractivity contribution in [2.45, 2.75) is 45.6 Å². The second kappa shape index (κ2) is 3.95. The molecule has 90 valence electrons. The average molecular weight is 248 g/mol. The Morgan fingerprint density at radius 2 is 2.12 bits per heavy atom. The summed E-state index contributed by atoms with van der Waals surface area (Å²) in [6.45, 7) is 4.03. The maximum atomic E-state index is 12.3. The number of hydrogen-bond donors (Lipinski definition) is 0. The molecule has 0 amide bonds. The summed E-state index contributed by atoms with van der Waals surface area (Å²) in [7, 11) is 0. The number of thiophene rings is 1. The van der Waals surface area contributed by atoms with Crippen molar-refractivity contribution in [1.29, 1.82) is 0 Å². The molecule has 2 heterocycles. The van der Waals surface area contributed by atoms with E-state index in [1.807, 2.05) is 13.8 Å². The molecular weight excluding hydrogens is 232 g/mol. The van der Waals surface area contributed by atoms with Crippen LogP contribution in [0.1, 0.15) is 43.2 Å². The lowest BCUT2D eigenvalue weighted by Crippen LogP contribution is -2.21. The molecule has 4 heteroatoms. The van der Waals surface area contributed by atoms with E-state index in [0.717, 1.165) is 23.1 Å². The lowest BCUT2D eigenvalue weighted by molar-refractivity contribution is 0.574. The second-order valence-corrected chi connectivity index (χ2v) is 6.04. The van der Waals surface area contributed by atoms with Crippen molar-refractivity contribution in [3.05, 3.63) is 27.1 Å². The summed E-state index contributed by atoms with van der Waals surface area (Å²) < 4.78 is 2.58. The first kappa shape index (κ1) is 11.0. The number of hydrogen-bond acceptors (Lipinski definition) is 3. The van der Waals surface area contributed by atoms with E-state index in [1.165, 1.54) is 23.3 Å². The number of rotatable bonds is 1. The normalized spacial score (nSPS) is 15.5. The zero-order chi connectivity index (χ0) is 12.0. The van der Waals surface area contributed by atoms with Gasteiger partial charge < -0.3 is 0 Å². The molecule has 0 bridgehead atoms. The number of aromatic nitrogens is 2. The molecule has 1 aliphatic carbocycles. The first-order chi connectivity index (χ1) is 8.18. The lowest BCUT2D eigenvalue weighted by atomic mass is 9.98. The topological polar surface area (TPSA) is 34.9 Å². The molecule has 2 aromatic heterocycles. The van der Waals surface area contributed by atoms with Crippen molar-refractivity contribution in [3.8, 4) is 0 Å². The fourth-order valence-corrected chi connectivity index (χ4v) is 3.77. The van der Waals surface area contributed by atoms with Gasteiger partial charge in [-0.1, -0.05) is 0 Å². The van der Waals surface area contributed by atoms with Gasteiger partial charge in [0, 0.05) is 10.9 Å². The second-order valence-electron chi connectivity index (χ2n) is 4.94. The summed E-state index contributed by atoms with van der Waals surface area (Å²) >= 11 is 1.66. The van der Waals surface area contributed by atoms with Gasteiger partial charge in [0.1, 0.15) is 4.70 Å². The summed E-state index contributed by atoms with van der Waals surface area (Å²) in [6.07, 6.45) is 6.40. The minimum absolute atomic E-state index is 0.129. The highest BCUT2D eigenvalue weighted by molar-refractivity contribution is 7.19. The van der Waals surface area contributed by atoms with E-state index >= 15 is 0 Å². The monoisotopic (exact) mass is 248 g/mol. The van der Waals surface area contributed by atoms with Crippen LogP contribution in [0.15, 0.2) is 11.1 Å². The van der Waals surface area contributed by atoms with Crippen LogP contribution in [0.25, 0.3) is 10.2 Å². The van der Waals surface area contributed by atoms with Crippen LogP contribution in [0, 0.1) is 0 Å². The first-order valence-electron chi connectivity index (χ1n) is 6.20. The fourth-order valence-electron chi connectivity index (χ4n) is 2.49. The van der Waals surface area contributed by atoms with Crippen LogP contribution in [0.4, 0.5) is 0 Å². The van der Waals surface area contributed by atoms with Crippen LogP contribution in [0.2, 0.25) is 0 Å². The molecular formula is C13H16N2OS. The van der Waals surface area contributed by atoms with Gasteiger partial charge >= 0.3 is 0 Å². The summed E-state index contributed by atoms with van der Waals surface area (Å²) in [5, 5.41) is 0. The quantitative estimate of drug-likeness (QED) is 0.777. The van der Waals surface area contributed by atoms with Gasteiger partial charge in [0.15, 0.2) is 0 Å². The highest BCUT2D eigenvalue weighted by Crippen LogP contribution is 2.33. The van der Waals surface area contributed by atoms with E-state index in [1.54, 1.807) is 22.2 Å². The summed E-state index contributed by atoms with van der Waals surface area (Å²) in [5.41, 5.74) is 2.43. The molecule has 0 radical (unpaired) electrons. The number of nitrogens with zero attached hydrogens (tertiary/aromatic N) is 2. The molecule has 0 fully saturated rings. The smallest absolute Gasteiger partial charge is 0.271 e. The lowest BCUT2D eigenvalue weighted by Gasteiger charge is -2.10. The van der Waals surface area contributed by atoms with Crippen LogP contribution < -0.4 is 5.56 Å². The van der Waals surface area contributed by atoms with Gasteiger partial charge in [-0.25, -0.2) is 4.98 Å². The Kier molecular flexibility index (Phi) is 2.54. The van der Waals surface area contributed by atoms with E-state index in [-0.39, 0.29) is 11.6 Å². The van der Waals surface area contributed by atoms with Crippen molar-refractivity contribution in [2.75, 3.05) is 0 Å². The Bertz CT molecular complexity index is 624. The Morgan fingerprint density at radius 3 is 2.88 bits per heavy atom. The highest BCUT2D eigenvalue weighted by atomic mass is 32.1. The molecule has 0 aromatic carbocycles. The Morgan fingerprint density at radius 1 is 1.35 bits per heavy atom. The van der Waals surface area contributed by atoms with Crippen molar-refractivity contribution in [2.24, 2.45) is 0 Å². The van der Waals surface area contributed by atoms with Crippen molar-refractivity contribution >= 4 is 21.6 Å².